The quantitative estimate of drug-likeness (QED) is 0.774. The predicted octanol–water partition coefficient (Wildman–Crippen LogP) is 2.77. The number of nitrogens with one attached hydrogen (secondary N) is 1. The zero-order valence-corrected chi connectivity index (χ0v) is 10.5. The van der Waals surface area contributed by atoms with Crippen LogP contribution < -0.4 is 5.32 Å². The first-order valence-corrected chi connectivity index (χ1v) is 6.30. The molecule has 1 rings (SSSR count). The molecule has 0 atom stereocenters. The van der Waals surface area contributed by atoms with E-state index in [1.54, 1.807) is 0 Å². The summed E-state index contributed by atoms with van der Waals surface area (Å²) in [6.07, 6.45) is 4.51. The van der Waals surface area contributed by atoms with Crippen molar-refractivity contribution in [3.05, 3.63) is 0 Å². The predicted molar refractivity (Wildman–Crippen MR) is 63.9 cm³/mol. The van der Waals surface area contributed by atoms with Gasteiger partial charge in [-0.15, -0.1) is 0 Å². The minimum Gasteiger partial charge on any atom is -0.312 e. The Balaban J connectivity index is 2.32. The number of hydrogen-bond donors (Lipinski definition) is 1. The van der Waals surface area contributed by atoms with E-state index in [-0.39, 0.29) is 5.92 Å². The molecule has 0 bridgehead atoms. The molecule has 0 amide bonds. The zero-order valence-electron chi connectivity index (χ0n) is 10.5. The number of carbonyl (C=O) groups is 1. The van der Waals surface area contributed by atoms with E-state index in [1.807, 2.05) is 13.8 Å². The third-order valence-electron chi connectivity index (χ3n) is 3.27. The molecule has 15 heavy (non-hydrogen) atoms. The minimum atomic E-state index is 0.213. The van der Waals surface area contributed by atoms with Crippen LogP contribution in [0.3, 0.4) is 0 Å². The molecule has 0 aromatic rings. The molecule has 0 unspecified atom stereocenters. The van der Waals surface area contributed by atoms with E-state index in [4.69, 9.17) is 0 Å². The summed E-state index contributed by atoms with van der Waals surface area (Å²) < 4.78 is 0. The summed E-state index contributed by atoms with van der Waals surface area (Å²) in [7, 11) is 0. The summed E-state index contributed by atoms with van der Waals surface area (Å²) in [6.45, 7) is 8.40. The van der Waals surface area contributed by atoms with Gasteiger partial charge in [-0.25, -0.2) is 0 Å². The van der Waals surface area contributed by atoms with Crippen LogP contribution in [0.2, 0.25) is 0 Å². The monoisotopic (exact) mass is 211 g/mol. The summed E-state index contributed by atoms with van der Waals surface area (Å²) in [5.41, 5.74) is 0. The SMILES string of the molecule is CC(C)NC1CCC(C(=O)C(C)C)CC1. The highest BCUT2D eigenvalue weighted by Crippen LogP contribution is 2.27. The van der Waals surface area contributed by atoms with Crippen molar-refractivity contribution in [3.63, 3.8) is 0 Å². The maximum atomic E-state index is 11.8. The van der Waals surface area contributed by atoms with Crippen LogP contribution in [0.25, 0.3) is 0 Å². The third kappa shape index (κ3) is 3.94. The standard InChI is InChI=1S/C13H25NO/c1-9(2)13(15)11-5-7-12(8-6-11)14-10(3)4/h9-12,14H,5-8H2,1-4H3. The summed E-state index contributed by atoms with van der Waals surface area (Å²) >= 11 is 0. The van der Waals surface area contributed by atoms with Crippen LogP contribution in [0.4, 0.5) is 0 Å². The van der Waals surface area contributed by atoms with Gasteiger partial charge in [-0.2, -0.15) is 0 Å². The molecule has 0 heterocycles. The molecule has 88 valence electrons. The van der Waals surface area contributed by atoms with Gasteiger partial charge in [0.1, 0.15) is 5.78 Å². The van der Waals surface area contributed by atoms with Crippen LogP contribution in [-0.2, 0) is 4.79 Å². The highest BCUT2D eigenvalue weighted by molar-refractivity contribution is 5.82. The van der Waals surface area contributed by atoms with E-state index in [1.165, 1.54) is 12.8 Å². The van der Waals surface area contributed by atoms with Crippen molar-refractivity contribution in [3.8, 4) is 0 Å². The van der Waals surface area contributed by atoms with Gasteiger partial charge in [0, 0.05) is 23.9 Å². The van der Waals surface area contributed by atoms with E-state index < -0.39 is 0 Å². The Bertz CT molecular complexity index is 203. The third-order valence-corrected chi connectivity index (χ3v) is 3.27. The number of Topliss-reactive ketones (excluding diaryl/α,β-unsaturated/α-hetero) is 1. The van der Waals surface area contributed by atoms with Crippen molar-refractivity contribution in [2.75, 3.05) is 0 Å². The van der Waals surface area contributed by atoms with Crippen molar-refractivity contribution in [2.24, 2.45) is 11.8 Å². The van der Waals surface area contributed by atoms with Crippen LogP contribution in [0, 0.1) is 11.8 Å². The van der Waals surface area contributed by atoms with Gasteiger partial charge in [0.25, 0.3) is 0 Å². The maximum Gasteiger partial charge on any atom is 0.138 e. The lowest BCUT2D eigenvalue weighted by Crippen LogP contribution is -2.39. The average molecular weight is 211 g/mol. The normalized spacial score (nSPS) is 27.3. The van der Waals surface area contributed by atoms with Gasteiger partial charge in [0.15, 0.2) is 0 Å². The molecule has 0 spiro atoms. The summed E-state index contributed by atoms with van der Waals surface area (Å²) in [4.78, 5) is 11.8. The lowest BCUT2D eigenvalue weighted by atomic mass is 9.80. The second kappa shape index (κ2) is 5.64. The molecule has 0 aromatic heterocycles. The first-order valence-electron chi connectivity index (χ1n) is 6.30. The lowest BCUT2D eigenvalue weighted by Gasteiger charge is -2.30. The molecule has 1 aliphatic carbocycles. The summed E-state index contributed by atoms with van der Waals surface area (Å²) in [5.74, 6) is 1.03. The number of rotatable bonds is 4. The Morgan fingerprint density at radius 1 is 1.07 bits per heavy atom. The van der Waals surface area contributed by atoms with Crippen LogP contribution in [-0.4, -0.2) is 17.9 Å². The Hall–Kier alpha value is -0.370. The minimum absolute atomic E-state index is 0.213. The van der Waals surface area contributed by atoms with E-state index in [0.29, 0.717) is 23.8 Å². The van der Waals surface area contributed by atoms with E-state index >= 15 is 0 Å². The van der Waals surface area contributed by atoms with Crippen LogP contribution >= 0.6 is 0 Å². The smallest absolute Gasteiger partial charge is 0.138 e. The highest BCUT2D eigenvalue weighted by atomic mass is 16.1. The lowest BCUT2D eigenvalue weighted by molar-refractivity contribution is -0.126. The van der Waals surface area contributed by atoms with E-state index in [9.17, 15) is 4.79 Å². The van der Waals surface area contributed by atoms with Crippen molar-refractivity contribution < 1.29 is 4.79 Å². The number of hydrogen-bond acceptors (Lipinski definition) is 2. The molecular formula is C13H25NO. The molecule has 1 saturated carbocycles. The fraction of sp³-hybridized carbons (Fsp3) is 0.923. The van der Waals surface area contributed by atoms with Gasteiger partial charge < -0.3 is 5.32 Å². The van der Waals surface area contributed by atoms with Gasteiger partial charge in [0.2, 0.25) is 0 Å². The molecule has 0 aliphatic heterocycles. The maximum absolute atomic E-state index is 11.8. The first-order chi connectivity index (χ1) is 7.00. The van der Waals surface area contributed by atoms with Gasteiger partial charge >= 0.3 is 0 Å². The second-order valence-corrected chi connectivity index (χ2v) is 5.43. The molecule has 2 heteroatoms. The fourth-order valence-electron chi connectivity index (χ4n) is 2.49. The molecule has 0 saturated heterocycles. The van der Waals surface area contributed by atoms with Gasteiger partial charge in [-0.1, -0.05) is 27.7 Å². The first kappa shape index (κ1) is 12.7. The van der Waals surface area contributed by atoms with Crippen LogP contribution in [0.1, 0.15) is 53.4 Å². The molecule has 0 radical (unpaired) electrons. The highest BCUT2D eigenvalue weighted by Gasteiger charge is 2.27. The number of ketones is 1. The summed E-state index contributed by atoms with van der Waals surface area (Å²) in [5, 5.41) is 3.56. The van der Waals surface area contributed by atoms with Crippen LogP contribution in [0.5, 0.6) is 0 Å². The van der Waals surface area contributed by atoms with Gasteiger partial charge in [-0.05, 0) is 25.7 Å². The summed E-state index contributed by atoms with van der Waals surface area (Å²) in [6, 6.07) is 1.20. The molecule has 0 aromatic carbocycles. The molecular weight excluding hydrogens is 186 g/mol. The van der Waals surface area contributed by atoms with E-state index in [0.717, 1.165) is 12.8 Å². The Kier molecular flexibility index (Phi) is 4.78. The average Bonchev–Trinajstić information content (AvgIpc) is 2.17. The van der Waals surface area contributed by atoms with Crippen molar-refractivity contribution in [1.82, 2.24) is 5.32 Å². The molecule has 2 nitrogen and oxygen atoms in total. The van der Waals surface area contributed by atoms with Crippen molar-refractivity contribution in [2.45, 2.75) is 65.5 Å². The number of carbonyl (C=O) groups excluding carboxylic acids is 1. The Labute approximate surface area is 93.8 Å². The van der Waals surface area contributed by atoms with E-state index in [2.05, 4.69) is 19.2 Å². The van der Waals surface area contributed by atoms with Gasteiger partial charge in [0.05, 0.1) is 0 Å². The van der Waals surface area contributed by atoms with Crippen molar-refractivity contribution in [1.29, 1.82) is 0 Å². The molecule has 1 fully saturated rings. The Morgan fingerprint density at radius 3 is 2.00 bits per heavy atom. The topological polar surface area (TPSA) is 29.1 Å². The second-order valence-electron chi connectivity index (χ2n) is 5.43. The molecule has 1 aliphatic rings. The van der Waals surface area contributed by atoms with Gasteiger partial charge in [-0.3, -0.25) is 4.79 Å². The Morgan fingerprint density at radius 2 is 1.60 bits per heavy atom. The molecule has 1 N–H and O–H groups in total. The van der Waals surface area contributed by atoms with Crippen molar-refractivity contribution >= 4 is 5.78 Å². The zero-order chi connectivity index (χ0) is 11.4. The fourth-order valence-corrected chi connectivity index (χ4v) is 2.49. The largest absolute Gasteiger partial charge is 0.312 e. The van der Waals surface area contributed by atoms with Crippen LogP contribution in [0.15, 0.2) is 0 Å².